The first-order valence-electron chi connectivity index (χ1n) is 27.8. The predicted octanol–water partition coefficient (Wildman–Crippen LogP) is 19.4. The van der Waals surface area contributed by atoms with E-state index < -0.39 is 5.41 Å². The van der Waals surface area contributed by atoms with Gasteiger partial charge in [-0.1, -0.05) is 237 Å². The van der Waals surface area contributed by atoms with Crippen molar-refractivity contribution in [1.29, 1.82) is 0 Å². The third-order valence-corrected chi connectivity index (χ3v) is 19.1. The van der Waals surface area contributed by atoms with Crippen LogP contribution in [0.5, 0.6) is 0 Å². The largest absolute Gasteiger partial charge is 0.309 e. The van der Waals surface area contributed by atoms with E-state index >= 15 is 0 Å². The lowest BCUT2D eigenvalue weighted by Crippen LogP contribution is -2.55. The summed E-state index contributed by atoms with van der Waals surface area (Å²) in [4.78, 5) is 2.66. The molecule has 0 heterocycles. The Hall–Kier alpha value is -8.52. The van der Waals surface area contributed by atoms with E-state index in [-0.39, 0.29) is 5.41 Å². The normalized spacial score (nSPS) is 20.8. The molecule has 17 rings (SSSR count). The van der Waals surface area contributed by atoms with E-state index in [1.165, 1.54) is 126 Å². The molecule has 0 unspecified atom stereocenters. The fourth-order valence-corrected chi connectivity index (χ4v) is 16.6. The van der Waals surface area contributed by atoms with Gasteiger partial charge in [0.2, 0.25) is 0 Å². The number of anilines is 3. The summed E-state index contributed by atoms with van der Waals surface area (Å²) in [5.41, 5.74) is 24.2. The number of rotatable bonds is 8. The van der Waals surface area contributed by atoms with Gasteiger partial charge in [-0.25, -0.2) is 0 Å². The highest BCUT2D eigenvalue weighted by molar-refractivity contribution is 6.10. The Morgan fingerprint density at radius 2 is 0.789 bits per heavy atom. The maximum absolute atomic E-state index is 2.68. The molecule has 0 atom stereocenters. The molecule has 76 heavy (non-hydrogen) atoms. The van der Waals surface area contributed by atoms with Crippen LogP contribution >= 0.6 is 0 Å². The Labute approximate surface area is 446 Å². The van der Waals surface area contributed by atoms with Crippen molar-refractivity contribution in [3.8, 4) is 55.6 Å². The van der Waals surface area contributed by atoms with E-state index in [2.05, 4.69) is 266 Å². The summed E-state index contributed by atoms with van der Waals surface area (Å²) in [6.07, 6.45) is 6.82. The van der Waals surface area contributed by atoms with Crippen molar-refractivity contribution in [1.82, 2.24) is 0 Å². The molecule has 0 N–H and O–H groups in total. The monoisotopic (exact) mass is 971 g/mol. The zero-order valence-electron chi connectivity index (χ0n) is 42.6. The van der Waals surface area contributed by atoms with Gasteiger partial charge >= 0.3 is 0 Å². The number of benzene rings is 11. The maximum atomic E-state index is 2.68. The summed E-state index contributed by atoms with van der Waals surface area (Å²) in [6.45, 7) is 0. The third kappa shape index (κ3) is 6.15. The summed E-state index contributed by atoms with van der Waals surface area (Å²) in [7, 11) is 0. The Morgan fingerprint density at radius 1 is 0.316 bits per heavy atom. The van der Waals surface area contributed by atoms with Gasteiger partial charge in [-0.05, 0) is 169 Å². The van der Waals surface area contributed by atoms with Crippen molar-refractivity contribution < 1.29 is 0 Å². The molecule has 1 nitrogen and oxygen atoms in total. The highest BCUT2D eigenvalue weighted by atomic mass is 15.1. The van der Waals surface area contributed by atoms with E-state index in [0.717, 1.165) is 23.2 Å². The fourth-order valence-electron chi connectivity index (χ4n) is 16.6. The van der Waals surface area contributed by atoms with Crippen molar-refractivity contribution in [2.24, 2.45) is 23.7 Å². The van der Waals surface area contributed by atoms with Crippen LogP contribution in [0, 0.1) is 23.7 Å². The molecule has 0 amide bonds. The molecule has 1 heteroatoms. The topological polar surface area (TPSA) is 3.24 Å². The molecule has 0 aromatic heterocycles. The van der Waals surface area contributed by atoms with Crippen molar-refractivity contribution >= 4 is 27.8 Å². The summed E-state index contributed by atoms with van der Waals surface area (Å²) in [5, 5.41) is 2.50. The van der Waals surface area contributed by atoms with Crippen molar-refractivity contribution in [2.45, 2.75) is 42.9 Å². The minimum Gasteiger partial charge on any atom is -0.309 e. The molecule has 11 aromatic carbocycles. The van der Waals surface area contributed by atoms with Crippen LogP contribution in [0.2, 0.25) is 0 Å². The summed E-state index contributed by atoms with van der Waals surface area (Å²) < 4.78 is 0. The molecule has 4 bridgehead atoms. The molecule has 6 aliphatic rings. The Morgan fingerprint density at radius 3 is 1.45 bits per heavy atom. The van der Waals surface area contributed by atoms with Crippen LogP contribution in [0.1, 0.15) is 65.5 Å². The van der Waals surface area contributed by atoms with Crippen molar-refractivity contribution in [3.63, 3.8) is 0 Å². The Bertz CT molecular complexity index is 4000. The molecule has 4 saturated carbocycles. The maximum Gasteiger partial charge on any atom is 0.0713 e. The van der Waals surface area contributed by atoms with Crippen LogP contribution in [-0.2, 0) is 10.8 Å². The van der Waals surface area contributed by atoms with Crippen molar-refractivity contribution in [2.75, 3.05) is 4.90 Å². The summed E-state index contributed by atoms with van der Waals surface area (Å²) >= 11 is 0. The van der Waals surface area contributed by atoms with Gasteiger partial charge < -0.3 is 4.90 Å². The quantitative estimate of drug-likeness (QED) is 0.147. The molecule has 11 aromatic rings. The molecule has 4 fully saturated rings. The predicted molar refractivity (Wildman–Crippen MR) is 316 cm³/mol. The second-order valence-electron chi connectivity index (χ2n) is 22.6. The first kappa shape index (κ1) is 43.8. The second-order valence-corrected chi connectivity index (χ2v) is 22.6. The molecule has 362 valence electrons. The molecule has 0 radical (unpaired) electrons. The highest BCUT2D eigenvalue weighted by Crippen LogP contribution is 2.70. The van der Waals surface area contributed by atoms with Gasteiger partial charge in [0, 0.05) is 22.2 Å². The van der Waals surface area contributed by atoms with Gasteiger partial charge in [-0.15, -0.1) is 0 Å². The average Bonchev–Trinajstić information content (AvgIpc) is 3.98. The molecular formula is C75H57N. The lowest BCUT2D eigenvalue weighted by Gasteiger charge is -2.61. The SMILES string of the molecule is c1ccc(-c2cccc3cccc(-c4ccccc4N(c4ccc5c(c4)C4(c6ccccc6-5)C5CC6CC(C5)CC4C6)c4ccccc4-c4cccc5c4-c4ccccc4C5(c4ccccc4)c4ccccc4)c23)cc1. The number of nitrogens with zero attached hydrogens (tertiary/aromatic N) is 1. The first-order valence-corrected chi connectivity index (χ1v) is 27.8. The third-order valence-electron chi connectivity index (χ3n) is 19.1. The van der Waals surface area contributed by atoms with Gasteiger partial charge in [0.25, 0.3) is 0 Å². The first-order chi connectivity index (χ1) is 37.7. The van der Waals surface area contributed by atoms with Gasteiger partial charge in [-0.3, -0.25) is 0 Å². The number of hydrogen-bond donors (Lipinski definition) is 0. The van der Waals surface area contributed by atoms with Gasteiger partial charge in [-0.2, -0.15) is 0 Å². The lowest BCUT2D eigenvalue weighted by molar-refractivity contribution is -0.0399. The van der Waals surface area contributed by atoms with E-state index in [1.807, 2.05) is 0 Å². The standard InChI is InChI=1S/C75H57N/c1-4-21-51(22-5-1)58-33-18-23-52-24-19-34-63(72(52)58)61-30-12-16-39-70(61)76(57-41-42-60-59-29-10-14-36-66(59)75(69(60)48-57)55-44-49-43-50(46-55)47-56(75)45-49)71-40-17-13-31-62(71)64-35-20-38-68-73(64)65-32-11-15-37-67(65)74(68,53-25-6-2-7-26-53)54-27-8-3-9-28-54/h1-42,48-50,55-56H,43-47H2. The Kier molecular flexibility index (Phi) is 9.81. The fraction of sp³-hybridized carbons (Fsp3) is 0.147. The van der Waals surface area contributed by atoms with E-state index in [1.54, 1.807) is 11.1 Å². The van der Waals surface area contributed by atoms with Crippen LogP contribution in [0.15, 0.2) is 261 Å². The van der Waals surface area contributed by atoms with E-state index in [4.69, 9.17) is 0 Å². The van der Waals surface area contributed by atoms with Gasteiger partial charge in [0.05, 0.1) is 16.8 Å². The zero-order chi connectivity index (χ0) is 50.0. The van der Waals surface area contributed by atoms with Crippen LogP contribution in [0.4, 0.5) is 17.1 Å². The van der Waals surface area contributed by atoms with E-state index in [0.29, 0.717) is 11.8 Å². The summed E-state index contributed by atoms with van der Waals surface area (Å²) in [6, 6.07) is 99.1. The van der Waals surface area contributed by atoms with Gasteiger partial charge in [0.15, 0.2) is 0 Å². The molecule has 6 aliphatic carbocycles. The summed E-state index contributed by atoms with van der Waals surface area (Å²) in [5.74, 6) is 3.04. The van der Waals surface area contributed by atoms with Gasteiger partial charge in [0.1, 0.15) is 0 Å². The van der Waals surface area contributed by atoms with Crippen molar-refractivity contribution in [3.05, 3.63) is 294 Å². The Balaban J connectivity index is 0.974. The molecular weight excluding hydrogens is 915 g/mol. The number of fused-ring (bicyclic) bond motifs is 7. The van der Waals surface area contributed by atoms with E-state index in [9.17, 15) is 0 Å². The highest BCUT2D eigenvalue weighted by Gasteiger charge is 2.61. The zero-order valence-corrected chi connectivity index (χ0v) is 42.6. The molecule has 0 saturated heterocycles. The second kappa shape index (κ2) is 17.0. The van der Waals surface area contributed by atoms with Crippen LogP contribution < -0.4 is 4.90 Å². The van der Waals surface area contributed by atoms with Crippen LogP contribution in [0.3, 0.4) is 0 Å². The lowest BCUT2D eigenvalue weighted by atomic mass is 9.43. The molecule has 0 aliphatic heterocycles. The van der Waals surface area contributed by atoms with Crippen LogP contribution in [0.25, 0.3) is 66.4 Å². The number of para-hydroxylation sites is 2. The average molecular weight is 972 g/mol. The minimum absolute atomic E-state index is 0.0163. The number of hydrogen-bond acceptors (Lipinski definition) is 1. The minimum atomic E-state index is -0.515. The smallest absolute Gasteiger partial charge is 0.0713 e. The van der Waals surface area contributed by atoms with Crippen LogP contribution in [-0.4, -0.2) is 0 Å². The molecule has 1 spiro atoms.